The van der Waals surface area contributed by atoms with Crippen LogP contribution < -0.4 is 0 Å². The quantitative estimate of drug-likeness (QED) is 0.163. The summed E-state index contributed by atoms with van der Waals surface area (Å²) in [5.41, 5.74) is 32.8. The lowest BCUT2D eigenvalue weighted by Crippen LogP contribution is -2.25. The first-order chi connectivity index (χ1) is 34.7. The van der Waals surface area contributed by atoms with Gasteiger partial charge in [0.1, 0.15) is 0 Å². The van der Waals surface area contributed by atoms with E-state index < -0.39 is 5.41 Å². The van der Waals surface area contributed by atoms with Gasteiger partial charge in [0.15, 0.2) is 0 Å². The Hall–Kier alpha value is -8.78. The van der Waals surface area contributed by atoms with Gasteiger partial charge in [-0.15, -0.1) is 0 Å². The average molecular weight is 884 g/mol. The molecule has 322 valence electrons. The summed E-state index contributed by atoms with van der Waals surface area (Å²) >= 11 is 0. The topological polar surface area (TPSA) is 4.93 Å². The number of hydrogen-bond acceptors (Lipinski definition) is 0. The van der Waals surface area contributed by atoms with Gasteiger partial charge in [-0.25, -0.2) is 0 Å². The minimum absolute atomic E-state index is 0.336. The van der Waals surface area contributed by atoms with Gasteiger partial charge in [0.2, 0.25) is 0 Å². The van der Waals surface area contributed by atoms with Gasteiger partial charge in [-0.2, -0.15) is 0 Å². The Morgan fingerprint density at radius 1 is 0.300 bits per heavy atom. The molecule has 0 radical (unpaired) electrons. The van der Waals surface area contributed by atoms with Crippen LogP contribution >= 0.6 is 0 Å². The second-order valence-corrected chi connectivity index (χ2v) is 20.1. The molecule has 11 aromatic carbocycles. The lowest BCUT2D eigenvalue weighted by molar-refractivity contribution is 0.793. The molecule has 0 saturated heterocycles. The third kappa shape index (κ3) is 4.25. The van der Waals surface area contributed by atoms with E-state index >= 15 is 0 Å². The summed E-state index contributed by atoms with van der Waals surface area (Å²) in [5, 5.41) is 2.54. The highest BCUT2D eigenvalue weighted by Gasteiger charge is 2.54. The maximum absolute atomic E-state index is 2.54. The third-order valence-corrected chi connectivity index (χ3v) is 17.3. The Morgan fingerprint density at radius 3 is 1.34 bits per heavy atom. The highest BCUT2D eigenvalue weighted by atomic mass is 15.0. The highest BCUT2D eigenvalue weighted by Crippen LogP contribution is 2.66. The second kappa shape index (κ2) is 13.0. The van der Waals surface area contributed by atoms with Gasteiger partial charge in [-0.3, -0.25) is 0 Å². The maximum Gasteiger partial charge on any atom is 0.0726 e. The summed E-state index contributed by atoms with van der Waals surface area (Å²) < 4.78 is 2.54. The van der Waals surface area contributed by atoms with E-state index in [2.05, 4.69) is 241 Å². The Labute approximate surface area is 406 Å². The SMILES string of the molecule is c1ccc(-n2c3ccc(-c4ccc5c(c4)-c4ccc6c(c4C5)-c4ccccc4C64c5ccccc5-c5ccccc54)cc3c3ccc4c(c32)-c2ccccc2C42c3ccccc3-c3ccccc32)cc1. The zero-order valence-electron chi connectivity index (χ0n) is 38.2. The molecule has 1 nitrogen and oxygen atoms in total. The van der Waals surface area contributed by atoms with E-state index in [1.54, 1.807) is 0 Å². The zero-order valence-corrected chi connectivity index (χ0v) is 38.2. The lowest BCUT2D eigenvalue weighted by atomic mass is 9.70. The number of aromatic nitrogens is 1. The van der Waals surface area contributed by atoms with Crippen molar-refractivity contribution < 1.29 is 0 Å². The maximum atomic E-state index is 2.54. The van der Waals surface area contributed by atoms with Crippen LogP contribution in [0.15, 0.2) is 237 Å². The van der Waals surface area contributed by atoms with Crippen molar-refractivity contribution in [1.82, 2.24) is 4.57 Å². The Bertz CT molecular complexity index is 4240. The minimum Gasteiger partial charge on any atom is -0.309 e. The molecule has 1 heteroatoms. The molecular weight excluding hydrogens is 843 g/mol. The van der Waals surface area contributed by atoms with E-state index in [0.717, 1.165) is 6.42 Å². The van der Waals surface area contributed by atoms with Gasteiger partial charge in [-0.05, 0) is 154 Å². The van der Waals surface area contributed by atoms with Crippen molar-refractivity contribution in [2.45, 2.75) is 17.3 Å². The van der Waals surface area contributed by atoms with E-state index in [1.807, 2.05) is 0 Å². The van der Waals surface area contributed by atoms with Crippen LogP contribution in [-0.4, -0.2) is 4.57 Å². The van der Waals surface area contributed by atoms with Crippen LogP contribution in [-0.2, 0) is 17.3 Å². The van der Waals surface area contributed by atoms with Crippen LogP contribution in [0.5, 0.6) is 0 Å². The molecule has 0 unspecified atom stereocenters. The van der Waals surface area contributed by atoms with Gasteiger partial charge >= 0.3 is 0 Å². The molecule has 5 aliphatic carbocycles. The molecule has 17 rings (SSSR count). The lowest BCUT2D eigenvalue weighted by Gasteiger charge is -2.30. The predicted octanol–water partition coefficient (Wildman–Crippen LogP) is 16.7. The number of nitrogens with zero attached hydrogens (tertiary/aromatic N) is 1. The van der Waals surface area contributed by atoms with E-state index in [-0.39, 0.29) is 5.41 Å². The van der Waals surface area contributed by atoms with Crippen molar-refractivity contribution in [3.63, 3.8) is 0 Å². The van der Waals surface area contributed by atoms with Crippen molar-refractivity contribution in [2.75, 3.05) is 0 Å². The molecule has 0 fully saturated rings. The standard InChI is InChI=1S/C69H41N/c1-2-16-44(17-3-1)70-64-37-32-42(39-54(64)50-34-36-63-66(67(50)70)52-23-9-15-29-61(52)69(63)58-26-12-6-20-48(58)49-21-7-13-27-59(49)69)41-30-31-43-40-55-45(53(43)38-41)33-35-62-65(55)51-22-8-14-28-60(51)68(62)56-24-10-4-18-46(56)47-19-5-11-25-57(47)68/h1-39H,40H2. The first kappa shape index (κ1) is 37.2. The van der Waals surface area contributed by atoms with Crippen LogP contribution in [0.25, 0.3) is 94.3 Å². The van der Waals surface area contributed by atoms with E-state index in [9.17, 15) is 0 Å². The fourth-order valence-electron chi connectivity index (χ4n) is 14.8. The summed E-state index contributed by atoms with van der Waals surface area (Å²) in [4.78, 5) is 0. The second-order valence-electron chi connectivity index (χ2n) is 20.1. The molecule has 0 atom stereocenters. The Balaban J connectivity index is 0.865. The van der Waals surface area contributed by atoms with Crippen LogP contribution in [0.4, 0.5) is 0 Å². The first-order valence-electron chi connectivity index (χ1n) is 24.8. The summed E-state index contributed by atoms with van der Waals surface area (Å²) in [5.74, 6) is 0. The monoisotopic (exact) mass is 883 g/mol. The molecule has 0 amide bonds. The number of hydrogen-bond donors (Lipinski definition) is 0. The van der Waals surface area contributed by atoms with Gasteiger partial charge in [0, 0.05) is 22.0 Å². The summed E-state index contributed by atoms with van der Waals surface area (Å²) in [7, 11) is 0. The number of rotatable bonds is 2. The molecule has 1 aromatic heterocycles. The largest absolute Gasteiger partial charge is 0.309 e. The molecule has 0 saturated carbocycles. The molecule has 0 bridgehead atoms. The smallest absolute Gasteiger partial charge is 0.0726 e. The fraction of sp³-hybridized carbons (Fsp3) is 0.0435. The third-order valence-electron chi connectivity index (χ3n) is 17.3. The first-order valence-corrected chi connectivity index (χ1v) is 24.8. The van der Waals surface area contributed by atoms with Crippen LogP contribution in [0, 0.1) is 0 Å². The van der Waals surface area contributed by atoms with Crippen LogP contribution in [0.3, 0.4) is 0 Å². The molecular formula is C69H41N. The van der Waals surface area contributed by atoms with E-state index in [1.165, 1.54) is 150 Å². The van der Waals surface area contributed by atoms with E-state index in [4.69, 9.17) is 0 Å². The van der Waals surface area contributed by atoms with Crippen LogP contribution in [0.2, 0.25) is 0 Å². The molecule has 5 aliphatic rings. The molecule has 0 aliphatic heterocycles. The van der Waals surface area contributed by atoms with Gasteiger partial charge in [0.05, 0.1) is 21.9 Å². The normalized spacial score (nSPS) is 14.7. The predicted molar refractivity (Wildman–Crippen MR) is 287 cm³/mol. The van der Waals surface area contributed by atoms with Crippen molar-refractivity contribution in [3.05, 3.63) is 292 Å². The van der Waals surface area contributed by atoms with Crippen molar-refractivity contribution >= 4 is 21.8 Å². The molecule has 0 N–H and O–H groups in total. The molecule has 12 aromatic rings. The Kier molecular flexibility index (Phi) is 6.94. The summed E-state index contributed by atoms with van der Waals surface area (Å²) in [6, 6.07) is 90.2. The average Bonchev–Trinajstić information content (AvgIpc) is 4.25. The molecule has 2 spiro atoms. The van der Waals surface area contributed by atoms with Crippen molar-refractivity contribution in [2.24, 2.45) is 0 Å². The van der Waals surface area contributed by atoms with Crippen molar-refractivity contribution in [1.29, 1.82) is 0 Å². The number of para-hydroxylation sites is 1. The minimum atomic E-state index is -0.411. The van der Waals surface area contributed by atoms with E-state index in [0.29, 0.717) is 0 Å². The molecule has 1 heterocycles. The van der Waals surface area contributed by atoms with Crippen LogP contribution in [0.1, 0.15) is 55.6 Å². The number of fused-ring (bicyclic) bond motifs is 28. The van der Waals surface area contributed by atoms with Gasteiger partial charge in [-0.1, -0.05) is 206 Å². The fourth-order valence-corrected chi connectivity index (χ4v) is 14.8. The zero-order chi connectivity index (χ0) is 45.5. The Morgan fingerprint density at radius 2 is 0.757 bits per heavy atom. The highest BCUT2D eigenvalue weighted by molar-refractivity contribution is 6.17. The van der Waals surface area contributed by atoms with Crippen molar-refractivity contribution in [3.8, 4) is 72.4 Å². The summed E-state index contributed by atoms with van der Waals surface area (Å²) in [6.07, 6.45) is 0.925. The summed E-state index contributed by atoms with van der Waals surface area (Å²) in [6.45, 7) is 0. The van der Waals surface area contributed by atoms with Gasteiger partial charge in [0.25, 0.3) is 0 Å². The molecule has 70 heavy (non-hydrogen) atoms. The number of benzene rings is 11. The van der Waals surface area contributed by atoms with Gasteiger partial charge < -0.3 is 4.57 Å².